The van der Waals surface area contributed by atoms with E-state index in [0.29, 0.717) is 16.3 Å². The number of aryl methyl sites for hydroxylation is 1. The average Bonchev–Trinajstić information content (AvgIpc) is 3.28. The van der Waals surface area contributed by atoms with Gasteiger partial charge in [0.2, 0.25) is 0 Å². The Hall–Kier alpha value is -3.45. The zero-order chi connectivity index (χ0) is 24.2. The molecule has 5 rings (SSSR count). The van der Waals surface area contributed by atoms with Gasteiger partial charge in [-0.15, -0.1) is 0 Å². The SMILES string of the molecule is Cc1noc(-c2ccc(OC(=O)c3ccccc3)c(Cl)c2)c1-c1ccc(CN2CCOCC2)cc1. The summed E-state index contributed by atoms with van der Waals surface area (Å²) < 4.78 is 16.6. The van der Waals surface area contributed by atoms with E-state index in [9.17, 15) is 4.79 Å². The summed E-state index contributed by atoms with van der Waals surface area (Å²) in [5, 5.41) is 4.51. The molecule has 0 spiro atoms. The lowest BCUT2D eigenvalue weighted by atomic mass is 9.98. The number of rotatable bonds is 6. The molecule has 1 aliphatic rings. The average molecular weight is 489 g/mol. The number of halogens is 1. The molecule has 1 fully saturated rings. The Kier molecular flexibility index (Phi) is 6.95. The zero-order valence-electron chi connectivity index (χ0n) is 19.4. The molecule has 0 aliphatic carbocycles. The summed E-state index contributed by atoms with van der Waals surface area (Å²) in [5.74, 6) is 0.439. The number of ether oxygens (including phenoxy) is 2. The van der Waals surface area contributed by atoms with Crippen LogP contribution in [0.3, 0.4) is 0 Å². The van der Waals surface area contributed by atoms with E-state index >= 15 is 0 Å². The lowest BCUT2D eigenvalue weighted by Gasteiger charge is -2.26. The predicted octanol–water partition coefficient (Wildman–Crippen LogP) is 6.02. The number of carbonyl (C=O) groups is 1. The smallest absolute Gasteiger partial charge is 0.343 e. The highest BCUT2D eigenvalue weighted by atomic mass is 35.5. The van der Waals surface area contributed by atoms with Gasteiger partial charge < -0.3 is 14.0 Å². The van der Waals surface area contributed by atoms with Crippen molar-refractivity contribution in [3.8, 4) is 28.2 Å². The maximum atomic E-state index is 12.4. The van der Waals surface area contributed by atoms with Gasteiger partial charge in [-0.3, -0.25) is 4.90 Å². The van der Waals surface area contributed by atoms with Gasteiger partial charge in [0, 0.05) is 25.2 Å². The molecule has 3 aromatic carbocycles. The Labute approximate surface area is 209 Å². The lowest BCUT2D eigenvalue weighted by molar-refractivity contribution is 0.0342. The van der Waals surface area contributed by atoms with Crippen LogP contribution in [0.15, 0.2) is 77.3 Å². The fourth-order valence-electron chi connectivity index (χ4n) is 4.16. The van der Waals surface area contributed by atoms with Crippen molar-refractivity contribution in [3.05, 3.63) is 94.6 Å². The van der Waals surface area contributed by atoms with E-state index < -0.39 is 5.97 Å². The summed E-state index contributed by atoms with van der Waals surface area (Å²) in [7, 11) is 0. The molecule has 1 aromatic heterocycles. The molecule has 0 unspecified atom stereocenters. The number of aromatic nitrogens is 1. The number of carbonyl (C=O) groups excluding carboxylic acids is 1. The quantitative estimate of drug-likeness (QED) is 0.244. The molecule has 6 nitrogen and oxygen atoms in total. The fourth-order valence-corrected chi connectivity index (χ4v) is 4.38. The van der Waals surface area contributed by atoms with Crippen molar-refractivity contribution >= 4 is 17.6 Å². The number of morpholine rings is 1. The van der Waals surface area contributed by atoms with Crippen LogP contribution in [0.5, 0.6) is 5.75 Å². The van der Waals surface area contributed by atoms with Crippen molar-refractivity contribution in [1.82, 2.24) is 10.1 Å². The molecule has 0 radical (unpaired) electrons. The summed E-state index contributed by atoms with van der Waals surface area (Å²) in [6.45, 7) is 6.30. The third-order valence-corrected chi connectivity index (χ3v) is 6.32. The van der Waals surface area contributed by atoms with E-state index in [-0.39, 0.29) is 5.75 Å². The molecular weight excluding hydrogens is 464 g/mol. The second kappa shape index (κ2) is 10.4. The molecule has 1 saturated heterocycles. The minimum absolute atomic E-state index is 0.287. The predicted molar refractivity (Wildman–Crippen MR) is 135 cm³/mol. The van der Waals surface area contributed by atoms with Crippen molar-refractivity contribution in [2.24, 2.45) is 0 Å². The molecule has 0 bridgehead atoms. The first-order chi connectivity index (χ1) is 17.1. The first-order valence-electron chi connectivity index (χ1n) is 11.5. The number of nitrogens with zero attached hydrogens (tertiary/aromatic N) is 2. The van der Waals surface area contributed by atoms with Crippen LogP contribution in [0, 0.1) is 6.92 Å². The number of benzene rings is 3. The molecule has 7 heteroatoms. The van der Waals surface area contributed by atoms with Crippen LogP contribution in [0.25, 0.3) is 22.5 Å². The Morgan fingerprint density at radius 1 is 1.00 bits per heavy atom. The summed E-state index contributed by atoms with van der Waals surface area (Å²) in [6.07, 6.45) is 0. The van der Waals surface area contributed by atoms with Crippen LogP contribution >= 0.6 is 11.6 Å². The Morgan fingerprint density at radius 2 is 1.71 bits per heavy atom. The van der Waals surface area contributed by atoms with Crippen molar-refractivity contribution in [2.45, 2.75) is 13.5 Å². The van der Waals surface area contributed by atoms with Gasteiger partial charge in [0.25, 0.3) is 0 Å². The minimum atomic E-state index is -0.464. The van der Waals surface area contributed by atoms with E-state index in [4.69, 9.17) is 25.6 Å². The first kappa shape index (κ1) is 23.3. The van der Waals surface area contributed by atoms with E-state index in [1.807, 2.05) is 19.1 Å². The molecule has 2 heterocycles. The first-order valence-corrected chi connectivity index (χ1v) is 11.9. The highest BCUT2D eigenvalue weighted by Crippen LogP contribution is 2.38. The van der Waals surface area contributed by atoms with Crippen LogP contribution < -0.4 is 4.74 Å². The molecule has 4 aromatic rings. The van der Waals surface area contributed by atoms with Crippen LogP contribution in [0.2, 0.25) is 5.02 Å². The number of esters is 1. The normalized spacial score (nSPS) is 14.1. The third-order valence-electron chi connectivity index (χ3n) is 6.02. The van der Waals surface area contributed by atoms with Crippen molar-refractivity contribution < 1.29 is 18.8 Å². The maximum Gasteiger partial charge on any atom is 0.343 e. The van der Waals surface area contributed by atoms with Gasteiger partial charge in [0.15, 0.2) is 5.76 Å². The van der Waals surface area contributed by atoms with E-state index in [2.05, 4.69) is 34.3 Å². The van der Waals surface area contributed by atoms with Gasteiger partial charge >= 0.3 is 5.97 Å². The van der Waals surface area contributed by atoms with Gasteiger partial charge in [-0.05, 0) is 48.4 Å². The van der Waals surface area contributed by atoms with Crippen LogP contribution in [0.1, 0.15) is 21.6 Å². The summed E-state index contributed by atoms with van der Waals surface area (Å²) in [6, 6.07) is 22.5. The zero-order valence-corrected chi connectivity index (χ0v) is 20.1. The van der Waals surface area contributed by atoms with Crippen LogP contribution in [-0.2, 0) is 11.3 Å². The van der Waals surface area contributed by atoms with E-state index in [1.165, 1.54) is 5.56 Å². The summed E-state index contributed by atoms with van der Waals surface area (Å²) in [4.78, 5) is 14.8. The summed E-state index contributed by atoms with van der Waals surface area (Å²) >= 11 is 6.48. The lowest BCUT2D eigenvalue weighted by Crippen LogP contribution is -2.35. The second-order valence-electron chi connectivity index (χ2n) is 8.46. The molecule has 0 N–H and O–H groups in total. The van der Waals surface area contributed by atoms with Crippen molar-refractivity contribution in [1.29, 1.82) is 0 Å². The van der Waals surface area contributed by atoms with Gasteiger partial charge in [-0.25, -0.2) is 4.79 Å². The largest absolute Gasteiger partial charge is 0.421 e. The molecule has 178 valence electrons. The van der Waals surface area contributed by atoms with Crippen LogP contribution in [0.4, 0.5) is 0 Å². The van der Waals surface area contributed by atoms with Gasteiger partial charge in [-0.1, -0.05) is 59.2 Å². The van der Waals surface area contributed by atoms with E-state index in [0.717, 1.165) is 55.2 Å². The van der Waals surface area contributed by atoms with Gasteiger partial charge in [0.1, 0.15) is 5.75 Å². The molecular formula is C28H25ClN2O4. The fraction of sp³-hybridized carbons (Fsp3) is 0.214. The van der Waals surface area contributed by atoms with Gasteiger partial charge in [0.05, 0.1) is 35.1 Å². The topological polar surface area (TPSA) is 64.8 Å². The molecule has 0 saturated carbocycles. The minimum Gasteiger partial charge on any atom is -0.421 e. The molecule has 35 heavy (non-hydrogen) atoms. The standard InChI is InChI=1S/C28H25ClN2O4/c1-19-26(21-9-7-20(8-10-21)18-31-13-15-33-16-14-31)27(35-30-19)23-11-12-25(24(29)17-23)34-28(32)22-5-3-2-4-6-22/h2-12,17H,13-16,18H2,1H3. The molecule has 0 atom stereocenters. The highest BCUT2D eigenvalue weighted by Gasteiger charge is 2.19. The molecule has 1 aliphatic heterocycles. The van der Waals surface area contributed by atoms with Gasteiger partial charge in [-0.2, -0.15) is 0 Å². The van der Waals surface area contributed by atoms with Crippen molar-refractivity contribution in [3.63, 3.8) is 0 Å². The maximum absolute atomic E-state index is 12.4. The molecule has 0 amide bonds. The second-order valence-corrected chi connectivity index (χ2v) is 8.87. The summed E-state index contributed by atoms with van der Waals surface area (Å²) in [5.41, 5.74) is 5.17. The number of hydrogen-bond acceptors (Lipinski definition) is 6. The van der Waals surface area contributed by atoms with Crippen LogP contribution in [-0.4, -0.2) is 42.3 Å². The Bertz CT molecular complexity index is 1310. The highest BCUT2D eigenvalue weighted by molar-refractivity contribution is 6.32. The van der Waals surface area contributed by atoms with E-state index in [1.54, 1.807) is 36.4 Å². The van der Waals surface area contributed by atoms with Crippen molar-refractivity contribution in [2.75, 3.05) is 26.3 Å². The number of hydrogen-bond donors (Lipinski definition) is 0. The Morgan fingerprint density at radius 3 is 2.43 bits per heavy atom. The monoisotopic (exact) mass is 488 g/mol. The third kappa shape index (κ3) is 5.30. The Balaban J connectivity index is 1.36.